The van der Waals surface area contributed by atoms with Crippen molar-refractivity contribution in [1.82, 2.24) is 8.97 Å². The molecule has 0 N–H and O–H groups in total. The molecule has 0 atom stereocenters. The first-order valence-corrected chi connectivity index (χ1v) is 19.5. The minimum Gasteiger partial charge on any atom is -0.296 e. The van der Waals surface area contributed by atoms with Crippen LogP contribution in [0.25, 0.3) is 115 Å². The zero-order chi connectivity index (χ0) is 37.8. The maximum absolute atomic E-state index is 13.8. The maximum Gasteiger partial charge on any atom is 0.333 e. The second-order valence-electron chi connectivity index (χ2n) is 15.2. The van der Waals surface area contributed by atoms with E-state index in [1.54, 1.807) is 4.57 Å². The Balaban J connectivity index is 1.17. The number of para-hydroxylation sites is 1. The number of hydrogen-bond donors (Lipinski definition) is 0. The summed E-state index contributed by atoms with van der Waals surface area (Å²) < 4.78 is 3.61. The van der Waals surface area contributed by atoms with Crippen LogP contribution in [0.4, 0.5) is 0 Å². The van der Waals surface area contributed by atoms with Crippen LogP contribution in [0.1, 0.15) is 0 Å². The van der Waals surface area contributed by atoms with E-state index in [9.17, 15) is 4.79 Å². The number of nitrogens with zero attached hydrogens (tertiary/aromatic N) is 2. The van der Waals surface area contributed by atoms with Crippen molar-refractivity contribution in [3.8, 4) is 33.4 Å². The highest BCUT2D eigenvalue weighted by atomic mass is 16.1. The molecule has 0 spiro atoms. The molecule has 0 radical (unpaired) electrons. The summed E-state index contributed by atoms with van der Waals surface area (Å²) in [6.07, 6.45) is 0. The van der Waals surface area contributed by atoms with Crippen molar-refractivity contribution in [2.24, 2.45) is 7.05 Å². The van der Waals surface area contributed by atoms with E-state index in [-0.39, 0.29) is 5.69 Å². The van der Waals surface area contributed by atoms with Gasteiger partial charge in [-0.1, -0.05) is 158 Å². The molecule has 2 aromatic heterocycles. The topological polar surface area (TPSA) is 26.4 Å². The zero-order valence-corrected chi connectivity index (χ0v) is 31.2. The predicted octanol–water partition coefficient (Wildman–Crippen LogP) is 13.7. The number of rotatable bonds is 3. The van der Waals surface area contributed by atoms with Gasteiger partial charge < -0.3 is 0 Å². The van der Waals surface area contributed by atoms with Crippen molar-refractivity contribution < 1.29 is 0 Å². The van der Waals surface area contributed by atoms with Gasteiger partial charge in [-0.2, -0.15) is 0 Å². The SMILES string of the molecule is Cn1c(=O)n2c3ccc(-c4c5ccccc5c(-c5c6ccccc6c(-c6ccc7ccccc7c6)c6ccccc56)c5ccccc45)cc3cc2c2ccccc21. The van der Waals surface area contributed by atoms with Gasteiger partial charge >= 0.3 is 5.69 Å². The van der Waals surface area contributed by atoms with Gasteiger partial charge in [0.25, 0.3) is 0 Å². The van der Waals surface area contributed by atoms with Gasteiger partial charge in [0.05, 0.1) is 16.6 Å². The standard InChI is InChI=1S/C54H34N2O/c1-55-48-25-13-12-24-46(48)49-32-37-31-36(28-29-47(37)56(49)54(55)57)51-40-18-6-10-22-44(40)53(45-23-11-7-19-41(45)51)52-42-20-8-4-16-38(42)50(39-17-5-9-21-43(39)52)35-27-26-33-14-2-3-15-34(33)30-35/h2-32H,1H3. The second-order valence-corrected chi connectivity index (χ2v) is 15.2. The van der Waals surface area contributed by atoms with E-state index in [1.807, 2.05) is 29.6 Å². The molecular formula is C54H34N2O. The quantitative estimate of drug-likeness (QED) is 0.167. The normalized spacial score (nSPS) is 12.0. The molecule has 3 nitrogen and oxygen atoms in total. The molecule has 0 aliphatic carbocycles. The van der Waals surface area contributed by atoms with E-state index >= 15 is 0 Å². The Morgan fingerprint density at radius 3 is 1.25 bits per heavy atom. The zero-order valence-electron chi connectivity index (χ0n) is 31.2. The molecule has 12 aromatic rings. The molecule has 57 heavy (non-hydrogen) atoms. The van der Waals surface area contributed by atoms with E-state index in [4.69, 9.17) is 0 Å². The lowest BCUT2D eigenvalue weighted by molar-refractivity contribution is 0.838. The Hall–Kier alpha value is -7.49. The lowest BCUT2D eigenvalue weighted by Crippen LogP contribution is -2.24. The van der Waals surface area contributed by atoms with Crippen molar-refractivity contribution in [2.75, 3.05) is 0 Å². The number of aryl methyl sites for hydroxylation is 1. The molecule has 0 saturated carbocycles. The summed E-state index contributed by atoms with van der Waals surface area (Å²) in [5.41, 5.74) is 10.0. The Kier molecular flexibility index (Phi) is 6.70. The third kappa shape index (κ3) is 4.51. The molecule has 0 amide bonds. The average Bonchev–Trinajstić information content (AvgIpc) is 3.66. The summed E-state index contributed by atoms with van der Waals surface area (Å²) in [5, 5.41) is 14.3. The fourth-order valence-electron chi connectivity index (χ4n) is 9.77. The number of benzene rings is 10. The van der Waals surface area contributed by atoms with Crippen molar-refractivity contribution in [1.29, 1.82) is 0 Å². The fourth-order valence-corrected chi connectivity index (χ4v) is 9.77. The monoisotopic (exact) mass is 726 g/mol. The van der Waals surface area contributed by atoms with Gasteiger partial charge in [0.15, 0.2) is 0 Å². The molecular weight excluding hydrogens is 693 g/mol. The Labute approximate surface area is 327 Å². The van der Waals surface area contributed by atoms with Crippen molar-refractivity contribution >= 4 is 81.2 Å². The summed E-state index contributed by atoms with van der Waals surface area (Å²) in [6, 6.07) is 68.1. The maximum atomic E-state index is 13.8. The van der Waals surface area contributed by atoms with Crippen LogP contribution in [0.2, 0.25) is 0 Å². The lowest BCUT2D eigenvalue weighted by Gasteiger charge is -2.22. The Morgan fingerprint density at radius 1 is 0.316 bits per heavy atom. The number of fused-ring (bicyclic) bond motifs is 10. The molecule has 2 heterocycles. The molecule has 0 saturated heterocycles. The smallest absolute Gasteiger partial charge is 0.296 e. The summed E-state index contributed by atoms with van der Waals surface area (Å²) >= 11 is 0. The van der Waals surface area contributed by atoms with Gasteiger partial charge in [0, 0.05) is 17.8 Å². The first kappa shape index (κ1) is 31.8. The molecule has 3 heteroatoms. The van der Waals surface area contributed by atoms with Crippen LogP contribution in [-0.2, 0) is 7.05 Å². The summed E-state index contributed by atoms with van der Waals surface area (Å²) in [4.78, 5) is 13.8. The van der Waals surface area contributed by atoms with E-state index in [0.717, 1.165) is 32.9 Å². The van der Waals surface area contributed by atoms with Crippen LogP contribution in [0, 0.1) is 0 Å². The van der Waals surface area contributed by atoms with E-state index in [0.29, 0.717) is 0 Å². The van der Waals surface area contributed by atoms with Gasteiger partial charge in [-0.25, -0.2) is 4.79 Å². The molecule has 0 fully saturated rings. The first-order valence-electron chi connectivity index (χ1n) is 19.5. The molecule has 0 bridgehead atoms. The van der Waals surface area contributed by atoms with Gasteiger partial charge in [-0.15, -0.1) is 0 Å². The second kappa shape index (κ2) is 12.0. The highest BCUT2D eigenvalue weighted by molar-refractivity contribution is 6.30. The van der Waals surface area contributed by atoms with Crippen LogP contribution in [0.3, 0.4) is 0 Å². The molecule has 10 aromatic carbocycles. The first-order chi connectivity index (χ1) is 28.1. The van der Waals surface area contributed by atoms with Crippen LogP contribution in [0.15, 0.2) is 193 Å². The van der Waals surface area contributed by atoms with Gasteiger partial charge in [0.1, 0.15) is 0 Å². The largest absolute Gasteiger partial charge is 0.333 e. The fraction of sp³-hybridized carbons (Fsp3) is 0.0185. The average molecular weight is 727 g/mol. The highest BCUT2D eigenvalue weighted by Gasteiger charge is 2.23. The van der Waals surface area contributed by atoms with E-state index in [1.165, 1.54) is 81.7 Å². The van der Waals surface area contributed by atoms with E-state index in [2.05, 4.69) is 170 Å². The molecule has 0 aliphatic heterocycles. The van der Waals surface area contributed by atoms with Crippen LogP contribution < -0.4 is 5.69 Å². The van der Waals surface area contributed by atoms with Gasteiger partial charge in [-0.3, -0.25) is 8.97 Å². The minimum absolute atomic E-state index is 0.0437. The Bertz CT molecular complexity index is 3620. The Morgan fingerprint density at radius 2 is 0.719 bits per heavy atom. The summed E-state index contributed by atoms with van der Waals surface area (Å²) in [6.45, 7) is 0. The van der Waals surface area contributed by atoms with Crippen molar-refractivity contribution in [3.05, 3.63) is 199 Å². The van der Waals surface area contributed by atoms with Crippen LogP contribution in [-0.4, -0.2) is 8.97 Å². The number of aromatic nitrogens is 2. The molecule has 266 valence electrons. The van der Waals surface area contributed by atoms with Gasteiger partial charge in [0.2, 0.25) is 0 Å². The lowest BCUT2D eigenvalue weighted by atomic mass is 9.81. The third-order valence-corrected chi connectivity index (χ3v) is 12.3. The number of hydrogen-bond acceptors (Lipinski definition) is 1. The summed E-state index contributed by atoms with van der Waals surface area (Å²) in [5.74, 6) is 0. The predicted molar refractivity (Wildman–Crippen MR) is 241 cm³/mol. The summed E-state index contributed by atoms with van der Waals surface area (Å²) in [7, 11) is 1.85. The highest BCUT2D eigenvalue weighted by Crippen LogP contribution is 2.50. The molecule has 0 aliphatic rings. The van der Waals surface area contributed by atoms with Crippen molar-refractivity contribution in [2.45, 2.75) is 0 Å². The van der Waals surface area contributed by atoms with E-state index < -0.39 is 0 Å². The van der Waals surface area contributed by atoms with Crippen LogP contribution >= 0.6 is 0 Å². The minimum atomic E-state index is -0.0437. The van der Waals surface area contributed by atoms with Gasteiger partial charge in [-0.05, 0) is 118 Å². The third-order valence-electron chi connectivity index (χ3n) is 12.3. The van der Waals surface area contributed by atoms with Crippen molar-refractivity contribution in [3.63, 3.8) is 0 Å². The molecule has 0 unspecified atom stereocenters. The molecule has 12 rings (SSSR count). The van der Waals surface area contributed by atoms with Crippen LogP contribution in [0.5, 0.6) is 0 Å².